The summed E-state index contributed by atoms with van der Waals surface area (Å²) < 4.78 is 6.01. The number of aromatic nitrogens is 2. The maximum absolute atomic E-state index is 6.01. The monoisotopic (exact) mass is 681 g/mol. The summed E-state index contributed by atoms with van der Waals surface area (Å²) in [6, 6.07) is 45.0. The van der Waals surface area contributed by atoms with E-state index in [2.05, 4.69) is 65.4 Å². The minimum Gasteiger partial charge on any atom is -0.501 e. The van der Waals surface area contributed by atoms with Crippen LogP contribution in [0.5, 0.6) is 0 Å². The molecule has 3 aromatic heterocycles. The Bertz CT molecular complexity index is 1770. The molecule has 0 aliphatic carbocycles. The molecule has 4 aromatic carbocycles. The van der Waals surface area contributed by atoms with E-state index in [-0.39, 0.29) is 20.1 Å². The van der Waals surface area contributed by atoms with Gasteiger partial charge in [0.1, 0.15) is 5.58 Å². The molecule has 0 spiro atoms. The molecule has 0 saturated carbocycles. The fourth-order valence-corrected chi connectivity index (χ4v) is 4.50. The molecule has 3 heterocycles. The van der Waals surface area contributed by atoms with Gasteiger partial charge in [0.2, 0.25) is 0 Å². The molecule has 191 valence electrons. The van der Waals surface area contributed by atoms with E-state index < -0.39 is 0 Å². The van der Waals surface area contributed by atoms with Crippen LogP contribution in [-0.4, -0.2) is 9.97 Å². The average Bonchev–Trinajstić information content (AvgIpc) is 3.38. The van der Waals surface area contributed by atoms with Crippen LogP contribution >= 0.6 is 0 Å². The zero-order valence-corrected chi connectivity index (χ0v) is 23.7. The first-order valence-corrected chi connectivity index (χ1v) is 12.5. The molecule has 0 aliphatic rings. The SMILES string of the molecule is Cc1ccnc(-c2[c-]ccc3c2oc2ccccc23)c1.[Ir].[c-]1ccc(-c2ccccc2)cc1-c1ccccn1. The standard InChI is InChI=1S/C18H12NO.C17H12N.Ir/c1-12-9-10-19-16(11-12)15-7-4-6-14-13-5-2-3-8-17(13)20-18(14)15;1-2-7-14(8-3-1)15-9-6-10-16(13-15)17-11-4-5-12-18-17;/h2-6,8-11H,1H3;1-9,11-13H;/q2*-1;. The number of aryl methyl sites for hydroxylation is 1. The van der Waals surface area contributed by atoms with Crippen molar-refractivity contribution in [2.45, 2.75) is 6.92 Å². The van der Waals surface area contributed by atoms with Gasteiger partial charge in [-0.1, -0.05) is 83.2 Å². The number of hydrogen-bond donors (Lipinski definition) is 0. The summed E-state index contributed by atoms with van der Waals surface area (Å²) in [5.74, 6) is 0. The third kappa shape index (κ3) is 5.73. The number of para-hydroxylation sites is 1. The van der Waals surface area contributed by atoms with Gasteiger partial charge < -0.3 is 14.4 Å². The zero-order chi connectivity index (χ0) is 25.7. The van der Waals surface area contributed by atoms with Crippen LogP contribution in [-0.2, 0) is 20.1 Å². The van der Waals surface area contributed by atoms with Gasteiger partial charge in [0.15, 0.2) is 0 Å². The Morgan fingerprint density at radius 1 is 0.615 bits per heavy atom. The topological polar surface area (TPSA) is 38.9 Å². The van der Waals surface area contributed by atoms with Crippen molar-refractivity contribution < 1.29 is 24.5 Å². The molecular weight excluding hydrogens is 657 g/mol. The molecular formula is C35H24IrN2O-2. The smallest absolute Gasteiger partial charge is 0.120 e. The normalized spacial score (nSPS) is 10.5. The van der Waals surface area contributed by atoms with E-state index in [1.807, 2.05) is 85.1 Å². The summed E-state index contributed by atoms with van der Waals surface area (Å²) in [6.07, 6.45) is 3.62. The number of pyridine rings is 2. The number of hydrogen-bond acceptors (Lipinski definition) is 3. The van der Waals surface area contributed by atoms with Crippen molar-refractivity contribution in [3.63, 3.8) is 0 Å². The van der Waals surface area contributed by atoms with Crippen LogP contribution in [0, 0.1) is 19.1 Å². The largest absolute Gasteiger partial charge is 0.501 e. The van der Waals surface area contributed by atoms with E-state index in [4.69, 9.17) is 4.42 Å². The predicted molar refractivity (Wildman–Crippen MR) is 154 cm³/mol. The van der Waals surface area contributed by atoms with Crippen LogP contribution < -0.4 is 0 Å². The molecule has 4 heteroatoms. The Morgan fingerprint density at radius 3 is 2.21 bits per heavy atom. The quantitative estimate of drug-likeness (QED) is 0.175. The van der Waals surface area contributed by atoms with Crippen molar-refractivity contribution in [3.05, 3.63) is 145 Å². The summed E-state index contributed by atoms with van der Waals surface area (Å²) in [6.45, 7) is 2.06. The minimum atomic E-state index is 0. The van der Waals surface area contributed by atoms with E-state index in [0.717, 1.165) is 44.5 Å². The second-order valence-corrected chi connectivity index (χ2v) is 8.98. The van der Waals surface area contributed by atoms with Crippen molar-refractivity contribution in [2.75, 3.05) is 0 Å². The second-order valence-electron chi connectivity index (χ2n) is 8.98. The third-order valence-electron chi connectivity index (χ3n) is 6.36. The average molecular weight is 681 g/mol. The first kappa shape index (κ1) is 26.2. The molecule has 39 heavy (non-hydrogen) atoms. The van der Waals surface area contributed by atoms with E-state index in [9.17, 15) is 0 Å². The van der Waals surface area contributed by atoms with Crippen molar-refractivity contribution in [2.24, 2.45) is 0 Å². The van der Waals surface area contributed by atoms with E-state index in [0.29, 0.717) is 0 Å². The Morgan fingerprint density at radius 2 is 1.38 bits per heavy atom. The summed E-state index contributed by atoms with van der Waals surface area (Å²) in [7, 11) is 0. The molecule has 3 nitrogen and oxygen atoms in total. The summed E-state index contributed by atoms with van der Waals surface area (Å²) in [4.78, 5) is 8.79. The van der Waals surface area contributed by atoms with Crippen molar-refractivity contribution in [1.82, 2.24) is 9.97 Å². The first-order chi connectivity index (χ1) is 18.8. The van der Waals surface area contributed by atoms with Crippen LogP contribution in [0.2, 0.25) is 0 Å². The predicted octanol–water partition coefficient (Wildman–Crippen LogP) is 8.97. The van der Waals surface area contributed by atoms with Gasteiger partial charge in [-0.2, -0.15) is 0 Å². The third-order valence-corrected chi connectivity index (χ3v) is 6.36. The molecule has 1 radical (unpaired) electrons. The Kier molecular flexibility index (Phi) is 8.07. The molecule has 0 amide bonds. The summed E-state index contributed by atoms with van der Waals surface area (Å²) >= 11 is 0. The van der Waals surface area contributed by atoms with E-state index in [1.165, 1.54) is 16.7 Å². The van der Waals surface area contributed by atoms with Crippen LogP contribution in [0.4, 0.5) is 0 Å². The zero-order valence-electron chi connectivity index (χ0n) is 21.3. The van der Waals surface area contributed by atoms with Gasteiger partial charge in [-0.15, -0.1) is 53.6 Å². The second kappa shape index (κ2) is 12.0. The van der Waals surface area contributed by atoms with Gasteiger partial charge in [-0.05, 0) is 42.1 Å². The van der Waals surface area contributed by atoms with Crippen molar-refractivity contribution in [1.29, 1.82) is 0 Å². The fourth-order valence-electron chi connectivity index (χ4n) is 4.50. The minimum absolute atomic E-state index is 0. The number of rotatable bonds is 3. The van der Waals surface area contributed by atoms with Gasteiger partial charge in [0.05, 0.1) is 5.58 Å². The Labute approximate surface area is 241 Å². The molecule has 0 atom stereocenters. The van der Waals surface area contributed by atoms with Crippen molar-refractivity contribution >= 4 is 21.9 Å². The molecule has 0 saturated heterocycles. The van der Waals surface area contributed by atoms with E-state index >= 15 is 0 Å². The molecule has 7 aromatic rings. The van der Waals surface area contributed by atoms with Crippen LogP contribution in [0.3, 0.4) is 0 Å². The van der Waals surface area contributed by atoms with Crippen LogP contribution in [0.1, 0.15) is 5.56 Å². The van der Waals surface area contributed by atoms with Crippen molar-refractivity contribution in [3.8, 4) is 33.6 Å². The van der Waals surface area contributed by atoms with E-state index in [1.54, 1.807) is 6.20 Å². The number of furan rings is 1. The molecule has 0 bridgehead atoms. The first-order valence-electron chi connectivity index (χ1n) is 12.5. The van der Waals surface area contributed by atoms with Gasteiger partial charge in [-0.25, -0.2) is 0 Å². The Hall–Kier alpha value is -4.37. The molecule has 0 aliphatic heterocycles. The van der Waals surface area contributed by atoms with Gasteiger partial charge in [0, 0.05) is 37.9 Å². The van der Waals surface area contributed by atoms with Crippen LogP contribution in [0.15, 0.2) is 132 Å². The van der Waals surface area contributed by atoms with Crippen LogP contribution in [0.25, 0.3) is 55.6 Å². The molecule has 0 unspecified atom stereocenters. The number of benzene rings is 4. The fraction of sp³-hybridized carbons (Fsp3) is 0.0286. The molecule has 0 fully saturated rings. The van der Waals surface area contributed by atoms with Gasteiger partial charge in [0.25, 0.3) is 0 Å². The molecule has 0 N–H and O–H groups in total. The summed E-state index contributed by atoms with van der Waals surface area (Å²) in [5, 5.41) is 2.24. The maximum Gasteiger partial charge on any atom is 0.120 e. The number of nitrogens with zero attached hydrogens (tertiary/aromatic N) is 2. The summed E-state index contributed by atoms with van der Waals surface area (Å²) in [5.41, 5.74) is 9.13. The van der Waals surface area contributed by atoms with Gasteiger partial charge >= 0.3 is 0 Å². The Balaban J connectivity index is 0.000000155. The molecule has 7 rings (SSSR count). The van der Waals surface area contributed by atoms with Gasteiger partial charge in [-0.3, -0.25) is 0 Å². The number of fused-ring (bicyclic) bond motifs is 3. The maximum atomic E-state index is 6.01.